The Labute approximate surface area is 204 Å². The summed E-state index contributed by atoms with van der Waals surface area (Å²) in [6.45, 7) is 16.1. The first-order valence-corrected chi connectivity index (χ1v) is 12.4. The highest BCUT2D eigenvalue weighted by Gasteiger charge is 2.27. The van der Waals surface area contributed by atoms with E-state index in [2.05, 4.69) is 46.3 Å². The first-order chi connectivity index (χ1) is 16.0. The lowest BCUT2D eigenvalue weighted by Crippen LogP contribution is -2.45. The molecule has 1 amide bonds. The molecule has 3 aromatic rings. The van der Waals surface area contributed by atoms with E-state index in [9.17, 15) is 4.79 Å². The number of pyridine rings is 1. The van der Waals surface area contributed by atoms with Crippen molar-refractivity contribution in [2.24, 2.45) is 0 Å². The van der Waals surface area contributed by atoms with Crippen LogP contribution >= 0.6 is 11.3 Å². The molecular formula is C25H33N5O3S. The largest absolute Gasteiger partial charge is 0.372 e. The van der Waals surface area contributed by atoms with Gasteiger partial charge in [0.25, 0.3) is 5.91 Å². The number of thiazole rings is 1. The molecule has 4 heterocycles. The van der Waals surface area contributed by atoms with Gasteiger partial charge in [-0.2, -0.15) is 0 Å². The SMILES string of the molecule is Cc1cc(-c2sc(N3C[C@@H](C)O[C@@H](C)C3)nc2CNC(=O)c2cc(C(C)(C)C)on2)cc(C)n1. The van der Waals surface area contributed by atoms with Crippen molar-refractivity contribution in [2.75, 3.05) is 18.0 Å². The maximum atomic E-state index is 12.8. The predicted octanol–water partition coefficient (Wildman–Crippen LogP) is 4.65. The van der Waals surface area contributed by atoms with Crippen LogP contribution in [0.5, 0.6) is 0 Å². The van der Waals surface area contributed by atoms with E-state index in [1.165, 1.54) is 0 Å². The summed E-state index contributed by atoms with van der Waals surface area (Å²) in [5.74, 6) is 0.392. The van der Waals surface area contributed by atoms with Crippen LogP contribution in [0, 0.1) is 13.8 Å². The van der Waals surface area contributed by atoms with Gasteiger partial charge >= 0.3 is 0 Å². The summed E-state index contributed by atoms with van der Waals surface area (Å²) >= 11 is 1.64. The zero-order valence-electron chi connectivity index (χ0n) is 20.9. The van der Waals surface area contributed by atoms with Gasteiger partial charge in [0, 0.05) is 36.0 Å². The molecule has 1 aliphatic rings. The minimum Gasteiger partial charge on any atom is -0.372 e. The lowest BCUT2D eigenvalue weighted by molar-refractivity contribution is -0.00523. The Balaban J connectivity index is 1.61. The number of carbonyl (C=O) groups excluding carboxylic acids is 1. The number of amides is 1. The van der Waals surface area contributed by atoms with Crippen LogP contribution in [0.15, 0.2) is 22.7 Å². The van der Waals surface area contributed by atoms with Crippen molar-refractivity contribution in [1.29, 1.82) is 0 Å². The predicted molar refractivity (Wildman–Crippen MR) is 133 cm³/mol. The van der Waals surface area contributed by atoms with E-state index in [1.807, 2.05) is 34.6 Å². The molecule has 1 N–H and O–H groups in total. The number of hydrogen-bond acceptors (Lipinski definition) is 8. The van der Waals surface area contributed by atoms with E-state index >= 15 is 0 Å². The molecule has 2 atom stereocenters. The number of carbonyl (C=O) groups is 1. The van der Waals surface area contributed by atoms with E-state index in [1.54, 1.807) is 17.4 Å². The van der Waals surface area contributed by atoms with Crippen molar-refractivity contribution in [1.82, 2.24) is 20.4 Å². The quantitative estimate of drug-likeness (QED) is 0.564. The Morgan fingerprint density at radius 1 is 1.12 bits per heavy atom. The highest BCUT2D eigenvalue weighted by molar-refractivity contribution is 7.19. The van der Waals surface area contributed by atoms with E-state index in [0.29, 0.717) is 5.76 Å². The standard InChI is InChI=1S/C25H33N5O3S/c1-14-8-18(9-15(2)27-14)22-20(28-24(34-22)30-12-16(3)32-17(4)13-30)11-26-23(31)19-10-21(33-29-19)25(5,6)7/h8-10,16-17H,11-13H2,1-7H3,(H,26,31)/t16-,17+. The molecule has 9 heteroatoms. The van der Waals surface area contributed by atoms with Gasteiger partial charge in [-0.15, -0.1) is 0 Å². The summed E-state index contributed by atoms with van der Waals surface area (Å²) in [4.78, 5) is 25.6. The molecule has 1 saturated heterocycles. The van der Waals surface area contributed by atoms with Gasteiger partial charge in [-0.25, -0.2) is 4.98 Å². The van der Waals surface area contributed by atoms with E-state index in [0.717, 1.165) is 45.7 Å². The average Bonchev–Trinajstić information content (AvgIpc) is 3.38. The van der Waals surface area contributed by atoms with Crippen LogP contribution in [0.25, 0.3) is 10.4 Å². The summed E-state index contributed by atoms with van der Waals surface area (Å²) in [6.07, 6.45) is 0.266. The van der Waals surface area contributed by atoms with Crippen molar-refractivity contribution in [3.63, 3.8) is 0 Å². The number of morpholine rings is 1. The van der Waals surface area contributed by atoms with Crippen LogP contribution < -0.4 is 10.2 Å². The van der Waals surface area contributed by atoms with Gasteiger partial charge in [-0.3, -0.25) is 9.78 Å². The minimum atomic E-state index is -0.282. The zero-order chi connectivity index (χ0) is 24.6. The number of ether oxygens (including phenoxy) is 1. The smallest absolute Gasteiger partial charge is 0.273 e. The number of anilines is 1. The molecule has 1 fully saturated rings. The molecule has 0 saturated carbocycles. The summed E-state index contributed by atoms with van der Waals surface area (Å²) < 4.78 is 11.3. The second-order valence-electron chi connectivity index (χ2n) is 10.1. The molecular weight excluding hydrogens is 450 g/mol. The molecule has 8 nitrogen and oxygen atoms in total. The number of aromatic nitrogens is 3. The molecule has 0 spiro atoms. The fourth-order valence-corrected chi connectivity index (χ4v) is 5.20. The first-order valence-electron chi connectivity index (χ1n) is 11.6. The average molecular weight is 484 g/mol. The lowest BCUT2D eigenvalue weighted by atomic mass is 9.93. The van der Waals surface area contributed by atoms with Crippen molar-refractivity contribution in [2.45, 2.75) is 72.6 Å². The number of rotatable bonds is 5. The van der Waals surface area contributed by atoms with Gasteiger partial charge in [0.2, 0.25) is 0 Å². The fourth-order valence-electron chi connectivity index (χ4n) is 4.11. The Morgan fingerprint density at radius 2 is 1.76 bits per heavy atom. The number of aryl methyl sites for hydroxylation is 2. The normalized spacial score (nSPS) is 18.9. The minimum absolute atomic E-state index is 0.133. The first kappa shape index (κ1) is 24.3. The van der Waals surface area contributed by atoms with Crippen molar-refractivity contribution in [3.05, 3.63) is 46.7 Å². The molecule has 182 valence electrons. The van der Waals surface area contributed by atoms with Crippen molar-refractivity contribution < 1.29 is 14.1 Å². The molecule has 3 aromatic heterocycles. The molecule has 0 aromatic carbocycles. The van der Waals surface area contributed by atoms with E-state index in [4.69, 9.17) is 14.2 Å². The summed E-state index contributed by atoms with van der Waals surface area (Å²) in [7, 11) is 0. The second-order valence-corrected chi connectivity index (χ2v) is 11.1. The molecule has 34 heavy (non-hydrogen) atoms. The third-order valence-electron chi connectivity index (χ3n) is 5.62. The van der Waals surface area contributed by atoms with Gasteiger partial charge in [0.05, 0.1) is 29.3 Å². The highest BCUT2D eigenvalue weighted by atomic mass is 32.1. The Morgan fingerprint density at radius 3 is 2.35 bits per heavy atom. The molecule has 0 unspecified atom stereocenters. The number of nitrogens with one attached hydrogen (secondary N) is 1. The van der Waals surface area contributed by atoms with Crippen LogP contribution in [-0.4, -0.2) is 46.3 Å². The van der Waals surface area contributed by atoms with Crippen LogP contribution in [0.2, 0.25) is 0 Å². The monoisotopic (exact) mass is 483 g/mol. The highest BCUT2D eigenvalue weighted by Crippen LogP contribution is 2.36. The lowest BCUT2D eigenvalue weighted by Gasteiger charge is -2.35. The van der Waals surface area contributed by atoms with Gasteiger partial charge in [0.15, 0.2) is 10.8 Å². The van der Waals surface area contributed by atoms with Crippen LogP contribution in [0.3, 0.4) is 0 Å². The number of nitrogens with zero attached hydrogens (tertiary/aromatic N) is 4. The van der Waals surface area contributed by atoms with Crippen LogP contribution in [0.1, 0.15) is 67.9 Å². The Bertz CT molecular complexity index is 1150. The summed E-state index contributed by atoms with van der Waals surface area (Å²) in [5, 5.41) is 7.87. The maximum Gasteiger partial charge on any atom is 0.273 e. The number of hydrogen-bond donors (Lipinski definition) is 1. The topological polar surface area (TPSA) is 93.4 Å². The molecule has 4 rings (SSSR count). The molecule has 0 bridgehead atoms. The fraction of sp³-hybridized carbons (Fsp3) is 0.520. The van der Waals surface area contributed by atoms with E-state index in [-0.39, 0.29) is 35.8 Å². The third kappa shape index (κ3) is 5.47. The third-order valence-corrected chi connectivity index (χ3v) is 6.83. The summed E-state index contributed by atoms with van der Waals surface area (Å²) in [5.41, 5.74) is 3.84. The zero-order valence-corrected chi connectivity index (χ0v) is 21.7. The van der Waals surface area contributed by atoms with Gasteiger partial charge in [-0.05, 0) is 45.4 Å². The van der Waals surface area contributed by atoms with Gasteiger partial charge in [0.1, 0.15) is 5.76 Å². The van der Waals surface area contributed by atoms with Gasteiger partial charge in [-0.1, -0.05) is 37.3 Å². The van der Waals surface area contributed by atoms with Crippen LogP contribution in [0.4, 0.5) is 5.13 Å². The molecule has 0 radical (unpaired) electrons. The molecule has 1 aliphatic heterocycles. The van der Waals surface area contributed by atoms with Crippen molar-refractivity contribution in [3.8, 4) is 10.4 Å². The Kier molecular flexibility index (Phi) is 6.78. The van der Waals surface area contributed by atoms with Crippen molar-refractivity contribution >= 4 is 22.4 Å². The summed E-state index contributed by atoms with van der Waals surface area (Å²) in [6, 6.07) is 5.83. The Hall–Kier alpha value is -2.78. The molecule has 0 aliphatic carbocycles. The van der Waals surface area contributed by atoms with Gasteiger partial charge < -0.3 is 19.5 Å². The van der Waals surface area contributed by atoms with Crippen LogP contribution in [-0.2, 0) is 16.7 Å². The maximum absolute atomic E-state index is 12.8. The second kappa shape index (κ2) is 9.46. The van der Waals surface area contributed by atoms with E-state index < -0.39 is 0 Å².